The van der Waals surface area contributed by atoms with Crippen LogP contribution >= 0.6 is 0 Å². The molecule has 0 N–H and O–H groups in total. The maximum atomic E-state index is 13.6. The van der Waals surface area contributed by atoms with Crippen molar-refractivity contribution in [1.82, 2.24) is 4.90 Å². The molecule has 0 aromatic heterocycles. The maximum Gasteiger partial charge on any atom is 0.264 e. The van der Waals surface area contributed by atoms with Crippen molar-refractivity contribution in [2.45, 2.75) is 25.2 Å². The van der Waals surface area contributed by atoms with E-state index in [1.807, 2.05) is 6.92 Å². The van der Waals surface area contributed by atoms with E-state index >= 15 is 0 Å². The van der Waals surface area contributed by atoms with E-state index in [4.69, 9.17) is 4.74 Å². The first-order valence-corrected chi connectivity index (χ1v) is 13.5. The summed E-state index contributed by atoms with van der Waals surface area (Å²) < 4.78 is 56.8. The number of methoxy groups -OCH3 is 1. The van der Waals surface area contributed by atoms with Gasteiger partial charge in [0.15, 0.2) is 9.84 Å². The van der Waals surface area contributed by atoms with Crippen LogP contribution in [0.1, 0.15) is 17.5 Å². The van der Waals surface area contributed by atoms with Crippen LogP contribution in [0.2, 0.25) is 0 Å². The van der Waals surface area contributed by atoms with Crippen molar-refractivity contribution in [3.8, 4) is 5.75 Å². The van der Waals surface area contributed by atoms with Gasteiger partial charge in [-0.25, -0.2) is 16.8 Å². The van der Waals surface area contributed by atoms with Crippen LogP contribution < -0.4 is 9.04 Å². The molecule has 0 spiro atoms. The van der Waals surface area contributed by atoms with Crippen LogP contribution in [-0.2, 0) is 24.7 Å². The first-order chi connectivity index (χ1) is 15.0. The molecule has 174 valence electrons. The molecule has 32 heavy (non-hydrogen) atoms. The van der Waals surface area contributed by atoms with Gasteiger partial charge >= 0.3 is 0 Å². The lowest BCUT2D eigenvalue weighted by atomic mass is 10.2. The van der Waals surface area contributed by atoms with Crippen molar-refractivity contribution in [3.05, 3.63) is 53.6 Å². The standard InChI is InChI=1S/C22H28N2O6S2/c1-17-4-9-21(18(2)16-17)32(28,29)24(19-5-7-20(30-3)8-6-19)11-10-22(25)23-12-14-31(26,27)15-13-23/h4-9,16H,10-15H2,1-3H3. The molecule has 1 amide bonds. The summed E-state index contributed by atoms with van der Waals surface area (Å²) in [6.45, 7) is 3.83. The zero-order valence-electron chi connectivity index (χ0n) is 18.4. The van der Waals surface area contributed by atoms with Gasteiger partial charge in [-0.2, -0.15) is 0 Å². The lowest BCUT2D eigenvalue weighted by molar-refractivity contribution is -0.130. The van der Waals surface area contributed by atoms with E-state index in [0.29, 0.717) is 17.0 Å². The average Bonchev–Trinajstić information content (AvgIpc) is 2.73. The van der Waals surface area contributed by atoms with Crippen molar-refractivity contribution in [2.75, 3.05) is 42.6 Å². The minimum atomic E-state index is -3.94. The summed E-state index contributed by atoms with van der Waals surface area (Å²) >= 11 is 0. The van der Waals surface area contributed by atoms with Gasteiger partial charge in [-0.1, -0.05) is 17.7 Å². The smallest absolute Gasteiger partial charge is 0.264 e. The van der Waals surface area contributed by atoms with Crippen molar-refractivity contribution >= 4 is 31.5 Å². The second-order valence-corrected chi connectivity index (χ2v) is 12.0. The average molecular weight is 481 g/mol. The number of sulfonamides is 1. The third-order valence-electron chi connectivity index (χ3n) is 5.48. The number of hydrogen-bond acceptors (Lipinski definition) is 6. The Labute approximate surface area is 189 Å². The minimum Gasteiger partial charge on any atom is -0.497 e. The number of anilines is 1. The number of ether oxygens (including phenoxy) is 1. The molecular weight excluding hydrogens is 452 g/mol. The quantitative estimate of drug-likeness (QED) is 0.602. The Bertz CT molecular complexity index is 1180. The third-order valence-corrected chi connectivity index (χ3v) is 9.08. The molecule has 0 atom stereocenters. The Balaban J connectivity index is 1.88. The van der Waals surface area contributed by atoms with E-state index in [0.717, 1.165) is 5.56 Å². The zero-order valence-corrected chi connectivity index (χ0v) is 20.1. The number of rotatable bonds is 7. The molecule has 2 aromatic carbocycles. The van der Waals surface area contributed by atoms with E-state index in [1.54, 1.807) is 49.4 Å². The highest BCUT2D eigenvalue weighted by atomic mass is 32.2. The number of hydrogen-bond donors (Lipinski definition) is 0. The number of amides is 1. The van der Waals surface area contributed by atoms with Gasteiger partial charge in [-0.05, 0) is 49.7 Å². The molecule has 0 bridgehead atoms. The molecular formula is C22H28N2O6S2. The van der Waals surface area contributed by atoms with Crippen LogP contribution in [-0.4, -0.2) is 65.9 Å². The molecule has 8 nitrogen and oxygen atoms in total. The first kappa shape index (κ1) is 24.1. The molecule has 1 aliphatic rings. The summed E-state index contributed by atoms with van der Waals surface area (Å²) in [6.07, 6.45) is -0.0593. The molecule has 0 saturated carbocycles. The van der Waals surface area contributed by atoms with Crippen LogP contribution in [0.25, 0.3) is 0 Å². The van der Waals surface area contributed by atoms with Crippen molar-refractivity contribution < 1.29 is 26.4 Å². The highest BCUT2D eigenvalue weighted by Gasteiger charge is 2.29. The first-order valence-electron chi connectivity index (χ1n) is 10.3. The molecule has 1 aliphatic heterocycles. The SMILES string of the molecule is COc1ccc(N(CCC(=O)N2CCS(=O)(=O)CC2)S(=O)(=O)c2ccc(C)cc2C)cc1. The van der Waals surface area contributed by atoms with Gasteiger partial charge < -0.3 is 9.64 Å². The van der Waals surface area contributed by atoms with Crippen molar-refractivity contribution in [1.29, 1.82) is 0 Å². The van der Waals surface area contributed by atoms with Crippen LogP contribution in [0, 0.1) is 13.8 Å². The number of sulfone groups is 1. The van der Waals surface area contributed by atoms with Gasteiger partial charge in [0.05, 0.1) is 29.2 Å². The Hall–Kier alpha value is -2.59. The molecule has 0 radical (unpaired) electrons. The van der Waals surface area contributed by atoms with Crippen LogP contribution in [0.15, 0.2) is 47.4 Å². The Kier molecular flexibility index (Phi) is 7.14. The van der Waals surface area contributed by atoms with Gasteiger partial charge in [0.25, 0.3) is 10.0 Å². The Morgan fingerprint density at radius 1 is 1.06 bits per heavy atom. The van der Waals surface area contributed by atoms with Gasteiger partial charge in [0.2, 0.25) is 5.91 Å². The molecule has 3 rings (SSSR count). The van der Waals surface area contributed by atoms with Crippen LogP contribution in [0.4, 0.5) is 5.69 Å². The van der Waals surface area contributed by atoms with Gasteiger partial charge in [0, 0.05) is 26.1 Å². The fraction of sp³-hybridized carbons (Fsp3) is 0.409. The topological polar surface area (TPSA) is 101 Å². The van der Waals surface area contributed by atoms with E-state index in [2.05, 4.69) is 0 Å². The van der Waals surface area contributed by atoms with E-state index < -0.39 is 19.9 Å². The zero-order chi connectivity index (χ0) is 23.5. The summed E-state index contributed by atoms with van der Waals surface area (Å²) in [7, 11) is -5.53. The fourth-order valence-electron chi connectivity index (χ4n) is 3.66. The number of carbonyl (C=O) groups is 1. The largest absolute Gasteiger partial charge is 0.497 e. The van der Waals surface area contributed by atoms with Crippen LogP contribution in [0.5, 0.6) is 5.75 Å². The normalized spacial score (nSPS) is 15.9. The second-order valence-electron chi connectivity index (χ2n) is 7.83. The van der Waals surface area contributed by atoms with Crippen molar-refractivity contribution in [2.24, 2.45) is 0 Å². The molecule has 10 heteroatoms. The predicted octanol–water partition coefficient (Wildman–Crippen LogP) is 2.15. The molecule has 1 heterocycles. The Morgan fingerprint density at radius 3 is 2.25 bits per heavy atom. The molecule has 2 aromatic rings. The lowest BCUT2D eigenvalue weighted by Gasteiger charge is -2.29. The number of carbonyl (C=O) groups excluding carboxylic acids is 1. The maximum absolute atomic E-state index is 13.6. The Morgan fingerprint density at radius 2 is 1.69 bits per heavy atom. The predicted molar refractivity (Wildman–Crippen MR) is 123 cm³/mol. The fourth-order valence-corrected chi connectivity index (χ4v) is 6.54. The summed E-state index contributed by atoms with van der Waals surface area (Å²) in [5.41, 5.74) is 1.99. The monoisotopic (exact) mass is 480 g/mol. The third kappa shape index (κ3) is 5.42. The van der Waals surface area contributed by atoms with E-state index in [1.165, 1.54) is 16.3 Å². The second kappa shape index (κ2) is 9.50. The number of nitrogens with zero attached hydrogens (tertiary/aromatic N) is 2. The van der Waals surface area contributed by atoms with E-state index in [9.17, 15) is 21.6 Å². The van der Waals surface area contributed by atoms with Crippen LogP contribution in [0.3, 0.4) is 0 Å². The molecule has 0 unspecified atom stereocenters. The van der Waals surface area contributed by atoms with E-state index in [-0.39, 0.29) is 48.4 Å². The number of benzene rings is 2. The highest BCUT2D eigenvalue weighted by Crippen LogP contribution is 2.28. The minimum absolute atomic E-state index is 0.0593. The molecule has 0 aliphatic carbocycles. The van der Waals surface area contributed by atoms with Gasteiger partial charge in [-0.3, -0.25) is 9.10 Å². The summed E-state index contributed by atoms with van der Waals surface area (Å²) in [5, 5.41) is 0. The van der Waals surface area contributed by atoms with Gasteiger partial charge in [0.1, 0.15) is 5.75 Å². The summed E-state index contributed by atoms with van der Waals surface area (Å²) in [6, 6.07) is 11.7. The van der Waals surface area contributed by atoms with Crippen molar-refractivity contribution in [3.63, 3.8) is 0 Å². The lowest BCUT2D eigenvalue weighted by Crippen LogP contribution is -2.45. The molecule has 1 fully saturated rings. The van der Waals surface area contributed by atoms with Gasteiger partial charge in [-0.15, -0.1) is 0 Å². The summed E-state index contributed by atoms with van der Waals surface area (Å²) in [4.78, 5) is 14.4. The molecule has 1 saturated heterocycles. The number of aryl methyl sites for hydroxylation is 2. The summed E-state index contributed by atoms with van der Waals surface area (Å²) in [5.74, 6) is 0.182. The highest BCUT2D eigenvalue weighted by molar-refractivity contribution is 7.93.